The topological polar surface area (TPSA) is 62.2 Å². The van der Waals surface area contributed by atoms with E-state index < -0.39 is 0 Å². The van der Waals surface area contributed by atoms with Crippen molar-refractivity contribution in [2.24, 2.45) is 0 Å². The number of aliphatic hydroxyl groups is 1. The maximum Gasteiger partial charge on any atom is 0.244 e. The van der Waals surface area contributed by atoms with Crippen LogP contribution in [-0.2, 0) is 4.79 Å². The van der Waals surface area contributed by atoms with Gasteiger partial charge in [-0.3, -0.25) is 4.79 Å². The number of amides is 1. The van der Waals surface area contributed by atoms with Crippen molar-refractivity contribution in [1.29, 1.82) is 0 Å². The number of rotatable bonds is 5. The molecule has 0 aliphatic carbocycles. The van der Waals surface area contributed by atoms with Crippen LogP contribution in [0.1, 0.15) is 11.4 Å². The Labute approximate surface area is 109 Å². The Morgan fingerprint density at radius 3 is 3.06 bits per heavy atom. The number of hydrogen-bond donors (Lipinski definition) is 2. The number of nitrogens with zero attached hydrogens (tertiary/aromatic N) is 1. The second kappa shape index (κ2) is 6.28. The average molecular weight is 262 g/mol. The molecule has 0 unspecified atom stereocenters. The number of hydrogen-bond acceptors (Lipinski definition) is 4. The summed E-state index contributed by atoms with van der Waals surface area (Å²) >= 11 is 1.55. The Bertz CT molecular complexity index is 530. The molecular weight excluding hydrogens is 248 g/mol. The highest BCUT2D eigenvalue weighted by molar-refractivity contribution is 7.19. The molecule has 0 radical (unpaired) electrons. The lowest BCUT2D eigenvalue weighted by Gasteiger charge is -1.97. The fourth-order valence-electron chi connectivity index (χ4n) is 1.46. The zero-order valence-electron chi connectivity index (χ0n) is 9.80. The first-order valence-electron chi connectivity index (χ1n) is 5.72. The molecule has 0 aliphatic heterocycles. The number of aliphatic hydroxyl groups excluding tert-OH is 1. The van der Waals surface area contributed by atoms with Crippen molar-refractivity contribution in [2.45, 2.75) is 6.42 Å². The molecule has 0 fully saturated rings. The number of fused-ring (bicyclic) bond motifs is 1. The van der Waals surface area contributed by atoms with Crippen molar-refractivity contribution in [3.05, 3.63) is 35.3 Å². The van der Waals surface area contributed by atoms with Crippen molar-refractivity contribution in [1.82, 2.24) is 10.3 Å². The van der Waals surface area contributed by atoms with E-state index in [4.69, 9.17) is 5.11 Å². The van der Waals surface area contributed by atoms with Gasteiger partial charge in [0.2, 0.25) is 5.91 Å². The highest BCUT2D eigenvalue weighted by Crippen LogP contribution is 2.22. The van der Waals surface area contributed by atoms with E-state index >= 15 is 0 Å². The molecule has 2 rings (SSSR count). The highest BCUT2D eigenvalue weighted by Gasteiger charge is 2.00. The Morgan fingerprint density at radius 2 is 2.28 bits per heavy atom. The lowest BCUT2D eigenvalue weighted by molar-refractivity contribution is -0.116. The van der Waals surface area contributed by atoms with Crippen molar-refractivity contribution < 1.29 is 9.90 Å². The molecular formula is C13H14N2O2S. The molecule has 0 saturated carbocycles. The molecule has 2 N–H and O–H groups in total. The summed E-state index contributed by atoms with van der Waals surface area (Å²) < 4.78 is 1.11. The first-order chi connectivity index (χ1) is 8.79. The highest BCUT2D eigenvalue weighted by atomic mass is 32.1. The van der Waals surface area contributed by atoms with Crippen LogP contribution in [-0.4, -0.2) is 29.1 Å². The van der Waals surface area contributed by atoms with Crippen LogP contribution >= 0.6 is 11.3 Å². The molecule has 0 atom stereocenters. The van der Waals surface area contributed by atoms with Crippen LogP contribution < -0.4 is 5.32 Å². The van der Waals surface area contributed by atoms with Crippen LogP contribution in [0, 0.1) is 0 Å². The largest absolute Gasteiger partial charge is 0.396 e. The predicted molar refractivity (Wildman–Crippen MR) is 73.4 cm³/mol. The smallest absolute Gasteiger partial charge is 0.244 e. The molecule has 5 heteroatoms. The third kappa shape index (κ3) is 3.38. The second-order valence-corrected chi connectivity index (χ2v) is 4.78. The van der Waals surface area contributed by atoms with E-state index in [-0.39, 0.29) is 12.5 Å². The Balaban J connectivity index is 1.98. The van der Waals surface area contributed by atoms with Gasteiger partial charge in [-0.1, -0.05) is 12.1 Å². The first kappa shape index (κ1) is 12.7. The Hall–Kier alpha value is -1.72. The minimum absolute atomic E-state index is 0.0852. The monoisotopic (exact) mass is 262 g/mol. The molecule has 1 amide bonds. The van der Waals surface area contributed by atoms with Crippen molar-refractivity contribution in [3.63, 3.8) is 0 Å². The maximum absolute atomic E-state index is 11.4. The number of benzene rings is 1. The lowest BCUT2D eigenvalue weighted by atomic mass is 10.3. The number of aromatic nitrogens is 1. The summed E-state index contributed by atoms with van der Waals surface area (Å²) in [7, 11) is 0. The molecule has 0 spiro atoms. The molecule has 1 aromatic carbocycles. The summed E-state index contributed by atoms with van der Waals surface area (Å²) in [5.74, 6) is -0.164. The molecule has 4 nitrogen and oxygen atoms in total. The molecule has 0 saturated heterocycles. The summed E-state index contributed by atoms with van der Waals surface area (Å²) in [5.41, 5.74) is 0.947. The van der Waals surface area contributed by atoms with Gasteiger partial charge in [0.15, 0.2) is 0 Å². The van der Waals surface area contributed by atoms with E-state index in [1.54, 1.807) is 17.4 Å². The quantitative estimate of drug-likeness (QED) is 0.638. The summed E-state index contributed by atoms with van der Waals surface area (Å²) in [6.07, 6.45) is 3.74. The van der Waals surface area contributed by atoms with E-state index in [2.05, 4.69) is 10.3 Å². The summed E-state index contributed by atoms with van der Waals surface area (Å²) in [6, 6.07) is 7.86. The van der Waals surface area contributed by atoms with Crippen LogP contribution in [0.3, 0.4) is 0 Å². The van der Waals surface area contributed by atoms with E-state index in [0.29, 0.717) is 13.0 Å². The van der Waals surface area contributed by atoms with Crippen LogP contribution in [0.2, 0.25) is 0 Å². The number of para-hydroxylation sites is 1. The van der Waals surface area contributed by atoms with Gasteiger partial charge in [-0.2, -0.15) is 0 Å². The van der Waals surface area contributed by atoms with Crippen LogP contribution in [0.5, 0.6) is 0 Å². The Morgan fingerprint density at radius 1 is 1.44 bits per heavy atom. The molecule has 1 aromatic heterocycles. The molecule has 0 aliphatic rings. The van der Waals surface area contributed by atoms with E-state index in [9.17, 15) is 4.79 Å². The first-order valence-corrected chi connectivity index (χ1v) is 6.53. The third-order valence-electron chi connectivity index (χ3n) is 2.32. The fraction of sp³-hybridized carbons (Fsp3) is 0.231. The number of carbonyl (C=O) groups is 1. The number of carbonyl (C=O) groups excluding carboxylic acids is 1. The Kier molecular flexibility index (Phi) is 4.44. The molecule has 2 aromatic rings. The van der Waals surface area contributed by atoms with Gasteiger partial charge in [0.1, 0.15) is 5.01 Å². The normalized spacial score (nSPS) is 11.2. The third-order valence-corrected chi connectivity index (χ3v) is 3.32. The van der Waals surface area contributed by atoms with Crippen LogP contribution in [0.15, 0.2) is 30.3 Å². The second-order valence-electron chi connectivity index (χ2n) is 3.72. The van der Waals surface area contributed by atoms with Crippen molar-refractivity contribution in [3.8, 4) is 0 Å². The van der Waals surface area contributed by atoms with Gasteiger partial charge >= 0.3 is 0 Å². The summed E-state index contributed by atoms with van der Waals surface area (Å²) in [6.45, 7) is 0.571. The van der Waals surface area contributed by atoms with Gasteiger partial charge in [-0.05, 0) is 24.6 Å². The minimum Gasteiger partial charge on any atom is -0.396 e. The van der Waals surface area contributed by atoms with Gasteiger partial charge in [0.05, 0.1) is 10.2 Å². The van der Waals surface area contributed by atoms with Crippen LogP contribution in [0.25, 0.3) is 16.3 Å². The standard InChI is InChI=1S/C13H14N2O2S/c16-9-3-8-14-12(17)6-7-13-15-10-4-1-2-5-11(10)18-13/h1-2,4-7,16H,3,8-9H2,(H,14,17)/b7-6+. The maximum atomic E-state index is 11.4. The molecule has 94 valence electrons. The average Bonchev–Trinajstić information content (AvgIpc) is 2.79. The van der Waals surface area contributed by atoms with E-state index in [0.717, 1.165) is 15.2 Å². The van der Waals surface area contributed by atoms with Crippen molar-refractivity contribution >= 4 is 33.5 Å². The fourth-order valence-corrected chi connectivity index (χ4v) is 2.33. The number of thiazole rings is 1. The zero-order valence-corrected chi connectivity index (χ0v) is 10.6. The summed E-state index contributed by atoms with van der Waals surface area (Å²) in [4.78, 5) is 15.8. The summed E-state index contributed by atoms with van der Waals surface area (Å²) in [5, 5.41) is 12.1. The van der Waals surface area contributed by atoms with Gasteiger partial charge in [-0.15, -0.1) is 11.3 Å². The van der Waals surface area contributed by atoms with E-state index in [1.807, 2.05) is 24.3 Å². The predicted octanol–water partition coefficient (Wildman–Crippen LogP) is 1.81. The lowest BCUT2D eigenvalue weighted by Crippen LogP contribution is -2.22. The minimum atomic E-state index is -0.164. The molecule has 0 bridgehead atoms. The molecule has 18 heavy (non-hydrogen) atoms. The van der Waals surface area contributed by atoms with Gasteiger partial charge < -0.3 is 10.4 Å². The number of nitrogens with one attached hydrogen (secondary N) is 1. The van der Waals surface area contributed by atoms with Gasteiger partial charge in [0, 0.05) is 19.2 Å². The van der Waals surface area contributed by atoms with Gasteiger partial charge in [-0.25, -0.2) is 4.98 Å². The van der Waals surface area contributed by atoms with Crippen molar-refractivity contribution in [2.75, 3.05) is 13.2 Å². The molecule has 1 heterocycles. The van der Waals surface area contributed by atoms with E-state index in [1.165, 1.54) is 6.08 Å². The van der Waals surface area contributed by atoms with Gasteiger partial charge in [0.25, 0.3) is 0 Å². The van der Waals surface area contributed by atoms with Crippen LogP contribution in [0.4, 0.5) is 0 Å². The zero-order chi connectivity index (χ0) is 12.8. The SMILES string of the molecule is O=C(/C=C/c1nc2ccccc2s1)NCCCO.